The Morgan fingerprint density at radius 1 is 1.39 bits per heavy atom. The lowest BCUT2D eigenvalue weighted by molar-refractivity contribution is -0.139. The summed E-state index contributed by atoms with van der Waals surface area (Å²) in [7, 11) is 1.66. The van der Waals surface area contributed by atoms with Crippen molar-refractivity contribution >= 4 is 18.3 Å². The van der Waals surface area contributed by atoms with Crippen molar-refractivity contribution in [2.24, 2.45) is 11.1 Å². The molecule has 0 heterocycles. The van der Waals surface area contributed by atoms with Crippen LogP contribution in [0.4, 0.5) is 4.39 Å². The topological polar surface area (TPSA) is 46.3 Å². The highest BCUT2D eigenvalue weighted by Crippen LogP contribution is 2.18. The maximum atomic E-state index is 13.4. The van der Waals surface area contributed by atoms with E-state index in [9.17, 15) is 9.18 Å². The molecule has 2 N–H and O–H groups in total. The van der Waals surface area contributed by atoms with E-state index in [0.29, 0.717) is 5.56 Å². The van der Waals surface area contributed by atoms with Crippen molar-refractivity contribution in [3.8, 4) is 0 Å². The molecule has 102 valence electrons. The fourth-order valence-corrected chi connectivity index (χ4v) is 1.56. The van der Waals surface area contributed by atoms with Crippen LogP contribution in [0, 0.1) is 11.2 Å². The number of hydrogen-bond donors (Lipinski definition) is 1. The highest BCUT2D eigenvalue weighted by atomic mass is 35.5. The van der Waals surface area contributed by atoms with Crippen LogP contribution in [0.15, 0.2) is 24.3 Å². The van der Waals surface area contributed by atoms with Crippen LogP contribution >= 0.6 is 12.4 Å². The van der Waals surface area contributed by atoms with Gasteiger partial charge in [-0.2, -0.15) is 0 Å². The first-order chi connectivity index (χ1) is 7.88. The first kappa shape index (κ1) is 16.9. The SMILES string of the molecule is CN(Cc1ccccc1F)C(=O)C(C)(C)CN.Cl. The molecule has 1 rings (SSSR count). The highest BCUT2D eigenvalue weighted by molar-refractivity contribution is 5.85. The van der Waals surface area contributed by atoms with Crippen LogP contribution in [0.1, 0.15) is 19.4 Å². The monoisotopic (exact) mass is 274 g/mol. The van der Waals surface area contributed by atoms with Gasteiger partial charge >= 0.3 is 0 Å². The van der Waals surface area contributed by atoms with Crippen LogP contribution in [0.2, 0.25) is 0 Å². The van der Waals surface area contributed by atoms with E-state index >= 15 is 0 Å². The predicted molar refractivity (Wildman–Crippen MR) is 73.0 cm³/mol. The lowest BCUT2D eigenvalue weighted by Crippen LogP contribution is -2.42. The maximum absolute atomic E-state index is 13.4. The standard InChI is InChI=1S/C13H19FN2O.ClH/c1-13(2,9-15)12(17)16(3)8-10-6-4-5-7-11(10)14;/h4-7H,8-9,15H2,1-3H3;1H. The molecule has 0 aliphatic rings. The second-order valence-corrected chi connectivity index (χ2v) is 4.84. The van der Waals surface area contributed by atoms with E-state index < -0.39 is 5.41 Å². The van der Waals surface area contributed by atoms with Crippen LogP contribution in [0.5, 0.6) is 0 Å². The van der Waals surface area contributed by atoms with Crippen LogP contribution in [-0.2, 0) is 11.3 Å². The molecule has 0 atom stereocenters. The molecular formula is C13H20ClFN2O. The fourth-order valence-electron chi connectivity index (χ4n) is 1.56. The van der Waals surface area contributed by atoms with Crippen molar-refractivity contribution < 1.29 is 9.18 Å². The molecule has 1 aromatic carbocycles. The van der Waals surface area contributed by atoms with E-state index in [0.717, 1.165) is 0 Å². The first-order valence-electron chi connectivity index (χ1n) is 5.57. The lowest BCUT2D eigenvalue weighted by Gasteiger charge is -2.28. The zero-order valence-corrected chi connectivity index (χ0v) is 11.8. The third kappa shape index (κ3) is 3.96. The number of benzene rings is 1. The number of hydrogen-bond acceptors (Lipinski definition) is 2. The van der Waals surface area contributed by atoms with Crippen molar-refractivity contribution in [3.05, 3.63) is 35.6 Å². The number of halogens is 2. The summed E-state index contributed by atoms with van der Waals surface area (Å²) in [5, 5.41) is 0. The van der Waals surface area contributed by atoms with Crippen molar-refractivity contribution in [1.29, 1.82) is 0 Å². The Bertz CT molecular complexity index is 410. The largest absolute Gasteiger partial charge is 0.341 e. The summed E-state index contributed by atoms with van der Waals surface area (Å²) in [5.74, 6) is -0.374. The zero-order valence-electron chi connectivity index (χ0n) is 10.9. The summed E-state index contributed by atoms with van der Waals surface area (Å²) in [6.07, 6.45) is 0. The molecule has 0 bridgehead atoms. The second-order valence-electron chi connectivity index (χ2n) is 4.84. The molecule has 0 aromatic heterocycles. The second kappa shape index (κ2) is 6.71. The normalized spacial score (nSPS) is 10.7. The highest BCUT2D eigenvalue weighted by Gasteiger charge is 2.29. The van der Waals surface area contributed by atoms with Crippen LogP contribution in [-0.4, -0.2) is 24.4 Å². The Balaban J connectivity index is 0.00000289. The number of carbonyl (C=O) groups is 1. The molecule has 0 aliphatic carbocycles. The third-order valence-electron chi connectivity index (χ3n) is 2.80. The minimum atomic E-state index is -0.611. The Morgan fingerprint density at radius 2 is 1.94 bits per heavy atom. The smallest absolute Gasteiger partial charge is 0.229 e. The number of carbonyl (C=O) groups excluding carboxylic acids is 1. The van der Waals surface area contributed by atoms with Crippen molar-refractivity contribution in [3.63, 3.8) is 0 Å². The van der Waals surface area contributed by atoms with E-state index in [1.54, 1.807) is 39.1 Å². The Labute approximate surface area is 114 Å². The van der Waals surface area contributed by atoms with Gasteiger partial charge in [-0.25, -0.2) is 4.39 Å². The molecule has 0 saturated carbocycles. The molecule has 3 nitrogen and oxygen atoms in total. The predicted octanol–water partition coefficient (Wildman–Crippen LogP) is 2.19. The summed E-state index contributed by atoms with van der Waals surface area (Å²) in [6.45, 7) is 4.10. The average Bonchev–Trinajstić information content (AvgIpc) is 2.31. The Kier molecular flexibility index (Phi) is 6.29. The van der Waals surface area contributed by atoms with Gasteiger partial charge in [0.05, 0.1) is 5.41 Å². The minimum Gasteiger partial charge on any atom is -0.341 e. The molecule has 1 amide bonds. The quantitative estimate of drug-likeness (QED) is 0.915. The molecule has 1 aromatic rings. The summed E-state index contributed by atoms with van der Waals surface area (Å²) >= 11 is 0. The van der Waals surface area contributed by atoms with Gasteiger partial charge < -0.3 is 10.6 Å². The van der Waals surface area contributed by atoms with E-state index in [1.165, 1.54) is 11.0 Å². The van der Waals surface area contributed by atoms with Gasteiger partial charge in [-0.1, -0.05) is 18.2 Å². The Hall–Kier alpha value is -1.13. The van der Waals surface area contributed by atoms with Crippen LogP contribution < -0.4 is 5.73 Å². The first-order valence-corrected chi connectivity index (χ1v) is 5.57. The lowest BCUT2D eigenvalue weighted by atomic mass is 9.92. The molecular weight excluding hydrogens is 255 g/mol. The summed E-state index contributed by atoms with van der Waals surface area (Å²) in [5.41, 5.74) is 5.45. The van der Waals surface area contributed by atoms with Crippen molar-refractivity contribution in [1.82, 2.24) is 4.90 Å². The van der Waals surface area contributed by atoms with Crippen molar-refractivity contribution in [2.75, 3.05) is 13.6 Å². The minimum absolute atomic E-state index is 0. The number of amides is 1. The van der Waals surface area contributed by atoms with Crippen LogP contribution in [0.3, 0.4) is 0 Å². The van der Waals surface area contributed by atoms with Gasteiger partial charge in [0.15, 0.2) is 0 Å². The van der Waals surface area contributed by atoms with Gasteiger partial charge in [0.2, 0.25) is 5.91 Å². The Morgan fingerprint density at radius 3 is 2.44 bits per heavy atom. The molecule has 5 heteroatoms. The number of nitrogens with two attached hydrogens (primary N) is 1. The van der Waals surface area contributed by atoms with Gasteiger partial charge in [0.25, 0.3) is 0 Å². The maximum Gasteiger partial charge on any atom is 0.229 e. The average molecular weight is 275 g/mol. The van der Waals surface area contributed by atoms with Crippen molar-refractivity contribution in [2.45, 2.75) is 20.4 Å². The number of rotatable bonds is 4. The molecule has 18 heavy (non-hydrogen) atoms. The molecule has 0 spiro atoms. The van der Waals surface area contributed by atoms with E-state index in [1.807, 2.05) is 0 Å². The summed E-state index contributed by atoms with van der Waals surface area (Å²) in [6, 6.07) is 6.45. The van der Waals surface area contributed by atoms with Gasteiger partial charge in [-0.05, 0) is 19.9 Å². The summed E-state index contributed by atoms with van der Waals surface area (Å²) < 4.78 is 13.4. The summed E-state index contributed by atoms with van der Waals surface area (Å²) in [4.78, 5) is 13.5. The molecule has 0 radical (unpaired) electrons. The molecule has 0 aliphatic heterocycles. The van der Waals surface area contributed by atoms with E-state index in [-0.39, 0.29) is 37.2 Å². The van der Waals surface area contributed by atoms with E-state index in [2.05, 4.69) is 0 Å². The van der Waals surface area contributed by atoms with E-state index in [4.69, 9.17) is 5.73 Å². The zero-order chi connectivity index (χ0) is 13.1. The van der Waals surface area contributed by atoms with Gasteiger partial charge in [-0.3, -0.25) is 4.79 Å². The molecule has 0 saturated heterocycles. The van der Waals surface area contributed by atoms with Gasteiger partial charge in [0.1, 0.15) is 5.82 Å². The van der Waals surface area contributed by atoms with Crippen LogP contribution in [0.25, 0.3) is 0 Å². The molecule has 0 unspecified atom stereocenters. The number of nitrogens with zero attached hydrogens (tertiary/aromatic N) is 1. The third-order valence-corrected chi connectivity index (χ3v) is 2.80. The van der Waals surface area contributed by atoms with Gasteiger partial charge in [-0.15, -0.1) is 12.4 Å². The molecule has 0 fully saturated rings. The fraction of sp³-hybridized carbons (Fsp3) is 0.462. The van der Waals surface area contributed by atoms with Gasteiger partial charge in [0, 0.05) is 25.7 Å².